The van der Waals surface area contributed by atoms with Gasteiger partial charge in [-0.1, -0.05) is 6.07 Å². The van der Waals surface area contributed by atoms with Gasteiger partial charge in [0.2, 0.25) is 5.75 Å². The molecule has 1 fully saturated rings. The molecule has 2 aromatic rings. The summed E-state index contributed by atoms with van der Waals surface area (Å²) in [5.74, 6) is -0.964. The van der Waals surface area contributed by atoms with E-state index in [4.69, 9.17) is 10.5 Å². The number of aromatic nitrogens is 2. The van der Waals surface area contributed by atoms with Crippen molar-refractivity contribution in [3.8, 4) is 5.75 Å². The number of amidine groups is 2. The minimum absolute atomic E-state index is 0.0439. The topological polar surface area (TPSA) is 144 Å². The van der Waals surface area contributed by atoms with E-state index in [1.165, 1.54) is 22.8 Å². The summed E-state index contributed by atoms with van der Waals surface area (Å²) in [5.41, 5.74) is 4.61. The molecule has 1 amide bonds. The number of carbonyl (C=O) groups is 1. The largest absolute Gasteiger partial charge is 0.501 e. The molecule has 0 bridgehead atoms. The highest BCUT2D eigenvalue weighted by Gasteiger charge is 2.46. The van der Waals surface area contributed by atoms with Gasteiger partial charge in [-0.3, -0.25) is 14.2 Å². The number of ether oxygens (including phenoxy) is 1. The number of nitrogens with zero attached hydrogens (tertiary/aromatic N) is 4. The predicted molar refractivity (Wildman–Crippen MR) is 119 cm³/mol. The number of aromatic hydroxyl groups is 1. The second-order valence-corrected chi connectivity index (χ2v) is 8.15. The first-order chi connectivity index (χ1) is 15.7. The molecule has 0 radical (unpaired) electrons. The van der Waals surface area contributed by atoms with Gasteiger partial charge in [0.15, 0.2) is 5.69 Å². The summed E-state index contributed by atoms with van der Waals surface area (Å²) in [6, 6.07) is 3.93. The smallest absolute Gasteiger partial charge is 0.296 e. The number of halogens is 1. The van der Waals surface area contributed by atoms with Crippen molar-refractivity contribution in [2.45, 2.75) is 51.8 Å². The zero-order valence-electron chi connectivity index (χ0n) is 18.4. The molecule has 10 nitrogen and oxygen atoms in total. The van der Waals surface area contributed by atoms with Gasteiger partial charge in [-0.2, -0.15) is 0 Å². The van der Waals surface area contributed by atoms with Gasteiger partial charge in [0.05, 0.1) is 24.7 Å². The fourth-order valence-corrected chi connectivity index (χ4v) is 4.03. The third-order valence-electron chi connectivity index (χ3n) is 5.73. The molecule has 1 aliphatic heterocycles. The van der Waals surface area contributed by atoms with Crippen LogP contribution in [0.3, 0.4) is 0 Å². The summed E-state index contributed by atoms with van der Waals surface area (Å²) in [5, 5.41) is 13.0. The Morgan fingerprint density at radius 2 is 2.15 bits per heavy atom. The maximum atomic E-state index is 13.8. The van der Waals surface area contributed by atoms with Gasteiger partial charge in [0.25, 0.3) is 11.5 Å². The van der Waals surface area contributed by atoms with E-state index in [0.29, 0.717) is 42.5 Å². The standard InChI is InChI=1S/C22H25FN6O4/c1-12(24)26-13(2)27-16-10-15(23)5-4-14(16)11-25-19(31)17-18(30)20(32)29-8-9-33-22(6-3-7-22)21(29)28-17/h4-5,10,30H,3,6-9,11H2,1-2H3,(H,25,31)(H2,24,26,27). The molecule has 174 valence electrons. The highest BCUT2D eigenvalue weighted by atomic mass is 19.1. The van der Waals surface area contributed by atoms with E-state index in [1.807, 2.05) is 0 Å². The van der Waals surface area contributed by atoms with E-state index < -0.39 is 28.6 Å². The van der Waals surface area contributed by atoms with Gasteiger partial charge in [-0.25, -0.2) is 19.4 Å². The molecule has 11 heteroatoms. The van der Waals surface area contributed by atoms with Gasteiger partial charge < -0.3 is 20.9 Å². The van der Waals surface area contributed by atoms with Gasteiger partial charge in [-0.05, 0) is 50.8 Å². The first-order valence-corrected chi connectivity index (χ1v) is 10.6. The molecule has 33 heavy (non-hydrogen) atoms. The van der Waals surface area contributed by atoms with E-state index in [0.717, 1.165) is 6.42 Å². The zero-order valence-corrected chi connectivity index (χ0v) is 18.4. The van der Waals surface area contributed by atoms with Crippen molar-refractivity contribution in [1.82, 2.24) is 14.9 Å². The lowest BCUT2D eigenvalue weighted by atomic mass is 9.78. The molecule has 1 aromatic heterocycles. The summed E-state index contributed by atoms with van der Waals surface area (Å²) in [6.45, 7) is 3.79. The van der Waals surface area contributed by atoms with Crippen molar-refractivity contribution in [2.24, 2.45) is 15.7 Å². The number of benzene rings is 1. The van der Waals surface area contributed by atoms with Crippen LogP contribution in [0.2, 0.25) is 0 Å². The molecule has 2 heterocycles. The van der Waals surface area contributed by atoms with Crippen LogP contribution in [0.1, 0.15) is 55.0 Å². The summed E-state index contributed by atoms with van der Waals surface area (Å²) in [6.07, 6.45) is 2.33. The molecule has 1 aliphatic carbocycles. The zero-order chi connectivity index (χ0) is 23.8. The predicted octanol–water partition coefficient (Wildman–Crippen LogP) is 1.85. The number of hydrogen-bond donors (Lipinski definition) is 3. The molecular weight excluding hydrogens is 431 g/mol. The van der Waals surface area contributed by atoms with Crippen molar-refractivity contribution < 1.29 is 19.0 Å². The van der Waals surface area contributed by atoms with Crippen LogP contribution in [0.15, 0.2) is 33.0 Å². The number of hydrogen-bond acceptors (Lipinski definition) is 6. The van der Waals surface area contributed by atoms with Crippen LogP contribution < -0.4 is 16.6 Å². The van der Waals surface area contributed by atoms with Gasteiger partial charge in [0.1, 0.15) is 23.1 Å². The molecule has 4 N–H and O–H groups in total. The number of nitrogens with two attached hydrogens (primary N) is 1. The van der Waals surface area contributed by atoms with Gasteiger partial charge in [0, 0.05) is 6.54 Å². The highest BCUT2D eigenvalue weighted by molar-refractivity contribution is 5.96. The van der Waals surface area contributed by atoms with Crippen molar-refractivity contribution in [3.63, 3.8) is 0 Å². The Kier molecular flexibility index (Phi) is 5.98. The van der Waals surface area contributed by atoms with E-state index in [9.17, 15) is 19.1 Å². The van der Waals surface area contributed by atoms with Crippen LogP contribution >= 0.6 is 0 Å². The normalized spacial score (nSPS) is 17.4. The average molecular weight is 456 g/mol. The molecule has 2 aliphatic rings. The quantitative estimate of drug-likeness (QED) is 0.473. The van der Waals surface area contributed by atoms with Crippen LogP contribution in [0, 0.1) is 5.82 Å². The van der Waals surface area contributed by atoms with Crippen LogP contribution in [0.4, 0.5) is 10.1 Å². The van der Waals surface area contributed by atoms with Crippen LogP contribution in [-0.4, -0.2) is 38.8 Å². The van der Waals surface area contributed by atoms with Gasteiger partial charge >= 0.3 is 0 Å². The molecule has 0 unspecified atom stereocenters. The number of aliphatic imine (C=N–C) groups is 2. The average Bonchev–Trinajstić information content (AvgIpc) is 2.73. The Labute approximate surface area is 189 Å². The third kappa shape index (κ3) is 4.36. The summed E-state index contributed by atoms with van der Waals surface area (Å²) in [4.78, 5) is 38.2. The molecule has 0 atom stereocenters. The number of carbonyl (C=O) groups excluding carboxylic acids is 1. The number of amides is 1. The lowest BCUT2D eigenvalue weighted by Crippen LogP contribution is -2.49. The second kappa shape index (κ2) is 8.74. The Morgan fingerprint density at radius 1 is 1.39 bits per heavy atom. The van der Waals surface area contributed by atoms with Crippen molar-refractivity contribution >= 4 is 23.3 Å². The van der Waals surface area contributed by atoms with Crippen molar-refractivity contribution in [3.05, 3.63) is 51.5 Å². The lowest BCUT2D eigenvalue weighted by molar-refractivity contribution is -0.134. The third-order valence-corrected chi connectivity index (χ3v) is 5.73. The molecule has 0 saturated heterocycles. The summed E-state index contributed by atoms with van der Waals surface area (Å²) >= 11 is 0. The fourth-order valence-electron chi connectivity index (χ4n) is 4.03. The maximum absolute atomic E-state index is 13.8. The second-order valence-electron chi connectivity index (χ2n) is 8.15. The van der Waals surface area contributed by atoms with E-state index in [-0.39, 0.29) is 24.5 Å². The fraction of sp³-hybridized carbons (Fsp3) is 0.409. The van der Waals surface area contributed by atoms with Crippen molar-refractivity contribution in [2.75, 3.05) is 6.61 Å². The monoisotopic (exact) mass is 456 g/mol. The Balaban J connectivity index is 1.61. The van der Waals surface area contributed by atoms with Crippen LogP contribution in [0.25, 0.3) is 0 Å². The Morgan fingerprint density at radius 3 is 2.82 bits per heavy atom. The Bertz CT molecular complexity index is 1230. The number of fused-ring (bicyclic) bond motifs is 2. The first kappa shape index (κ1) is 22.6. The van der Waals surface area contributed by atoms with E-state index in [2.05, 4.69) is 20.3 Å². The summed E-state index contributed by atoms with van der Waals surface area (Å²) < 4.78 is 21.0. The summed E-state index contributed by atoms with van der Waals surface area (Å²) in [7, 11) is 0. The highest BCUT2D eigenvalue weighted by Crippen LogP contribution is 2.45. The van der Waals surface area contributed by atoms with Crippen LogP contribution in [0.5, 0.6) is 5.75 Å². The van der Waals surface area contributed by atoms with E-state index >= 15 is 0 Å². The molecule has 1 saturated carbocycles. The van der Waals surface area contributed by atoms with Crippen LogP contribution in [-0.2, 0) is 23.4 Å². The first-order valence-electron chi connectivity index (χ1n) is 10.6. The minimum atomic E-state index is -0.736. The van der Waals surface area contributed by atoms with Gasteiger partial charge in [-0.15, -0.1) is 0 Å². The number of nitrogens with one attached hydrogen (secondary N) is 1. The Hall–Kier alpha value is -3.60. The SMILES string of the molecule is CC(N)=NC(C)=Nc1cc(F)ccc1CNC(=O)c1nc2n(c(=O)c1O)CCOC21CCC1. The molecule has 1 aromatic carbocycles. The molecule has 4 rings (SSSR count). The lowest BCUT2D eigenvalue weighted by Gasteiger charge is -2.44. The minimum Gasteiger partial charge on any atom is -0.501 e. The van der Waals surface area contributed by atoms with Crippen molar-refractivity contribution in [1.29, 1.82) is 0 Å². The molecule has 1 spiro atoms. The van der Waals surface area contributed by atoms with E-state index in [1.54, 1.807) is 13.8 Å². The maximum Gasteiger partial charge on any atom is 0.296 e. The number of rotatable bonds is 4. The molecular formula is C22H25FN6O4.